The van der Waals surface area contributed by atoms with Gasteiger partial charge in [0, 0.05) is 55.4 Å². The van der Waals surface area contributed by atoms with Crippen LogP contribution in [-0.2, 0) is 36.7 Å². The number of hydrogen-bond donors (Lipinski definition) is 1. The molecule has 1 saturated heterocycles. The van der Waals surface area contributed by atoms with Crippen LogP contribution < -0.4 is 9.47 Å². The molecule has 278 valence electrons. The van der Waals surface area contributed by atoms with E-state index in [1.807, 2.05) is 49.4 Å². The summed E-state index contributed by atoms with van der Waals surface area (Å²) in [4.78, 5) is 31.5. The number of benzene rings is 2. The number of carbonyl (C=O) groups excluding carboxylic acids is 2. The van der Waals surface area contributed by atoms with Gasteiger partial charge in [-0.2, -0.15) is 0 Å². The van der Waals surface area contributed by atoms with E-state index < -0.39 is 11.9 Å². The van der Waals surface area contributed by atoms with Gasteiger partial charge in [0.1, 0.15) is 22.9 Å². The minimum absolute atomic E-state index is 0.108. The van der Waals surface area contributed by atoms with E-state index in [-0.39, 0.29) is 31.6 Å². The normalized spacial score (nSPS) is 11.1. The van der Waals surface area contributed by atoms with Crippen LogP contribution >= 0.6 is 0 Å². The molecule has 3 heterocycles. The van der Waals surface area contributed by atoms with Crippen LogP contribution in [0.15, 0.2) is 72.8 Å². The third kappa shape index (κ3) is 15.2. The van der Waals surface area contributed by atoms with E-state index in [1.165, 1.54) is 33.1 Å². The Labute approximate surface area is 310 Å². The van der Waals surface area contributed by atoms with E-state index in [0.29, 0.717) is 29.2 Å². The van der Waals surface area contributed by atoms with Gasteiger partial charge in [-0.1, -0.05) is 30.6 Å². The molecule has 12 nitrogen and oxygen atoms in total. The van der Waals surface area contributed by atoms with E-state index in [1.54, 1.807) is 38.5 Å². The van der Waals surface area contributed by atoms with Crippen molar-refractivity contribution in [2.45, 2.75) is 32.8 Å². The average Bonchev–Trinajstić information content (AvgIpc) is 3.81. The molecule has 1 aliphatic rings. The predicted molar refractivity (Wildman–Crippen MR) is 196 cm³/mol. The summed E-state index contributed by atoms with van der Waals surface area (Å²) < 4.78 is 34.6. The maximum absolute atomic E-state index is 11.7. The molecule has 12 heteroatoms. The number of rotatable bonds is 10. The summed E-state index contributed by atoms with van der Waals surface area (Å²) in [5.41, 5.74) is 4.43. The van der Waals surface area contributed by atoms with Crippen LogP contribution in [0.25, 0.3) is 0 Å². The fraction of sp³-hybridized carbons (Fsp3) is 0.317. The van der Waals surface area contributed by atoms with Gasteiger partial charge in [0.25, 0.3) is 0 Å². The van der Waals surface area contributed by atoms with Crippen LogP contribution in [0.5, 0.6) is 11.5 Å². The van der Waals surface area contributed by atoms with E-state index in [0.717, 1.165) is 35.6 Å². The van der Waals surface area contributed by atoms with E-state index in [4.69, 9.17) is 28.4 Å². The summed E-state index contributed by atoms with van der Waals surface area (Å²) in [6, 6.07) is 21.2. The SMILES string of the molecule is C1CCOC1.CCc1cc(C#Cc2ccc(OCOC)cc2)cc(C(=O)OC)n1.COCOc1ccc(C#Cc2cc(CO)nc(C(=O)OC)c2)cc1. The number of methoxy groups -OCH3 is 4. The van der Waals surface area contributed by atoms with Crippen LogP contribution in [-0.4, -0.2) is 82.3 Å². The van der Waals surface area contributed by atoms with Crippen LogP contribution in [0, 0.1) is 23.7 Å². The Bertz CT molecular complexity index is 1730. The first kappa shape index (κ1) is 41.7. The Morgan fingerprint density at radius 2 is 1.06 bits per heavy atom. The highest BCUT2D eigenvalue weighted by Gasteiger charge is 2.11. The lowest BCUT2D eigenvalue weighted by atomic mass is 10.1. The Morgan fingerprint density at radius 1 is 0.642 bits per heavy atom. The zero-order chi connectivity index (χ0) is 38.3. The molecule has 1 fully saturated rings. The molecule has 1 aliphatic heterocycles. The molecule has 0 aliphatic carbocycles. The highest BCUT2D eigenvalue weighted by molar-refractivity contribution is 5.88. The van der Waals surface area contributed by atoms with Crippen molar-refractivity contribution in [3.8, 4) is 35.2 Å². The predicted octanol–water partition coefficient (Wildman–Crippen LogP) is 5.35. The Balaban J connectivity index is 0.000000251. The number of carbonyl (C=O) groups is 2. The van der Waals surface area contributed by atoms with Gasteiger partial charge in [-0.15, -0.1) is 0 Å². The second-order valence-corrected chi connectivity index (χ2v) is 10.9. The van der Waals surface area contributed by atoms with Crippen molar-refractivity contribution in [2.24, 2.45) is 0 Å². The van der Waals surface area contributed by atoms with Gasteiger partial charge in [0.05, 0.1) is 26.5 Å². The number of aromatic nitrogens is 2. The Morgan fingerprint density at radius 3 is 1.42 bits per heavy atom. The lowest BCUT2D eigenvalue weighted by Crippen LogP contribution is -2.07. The number of aryl methyl sites for hydroxylation is 1. The van der Waals surface area contributed by atoms with Crippen LogP contribution in [0.3, 0.4) is 0 Å². The molecule has 0 unspecified atom stereocenters. The summed E-state index contributed by atoms with van der Waals surface area (Å²) >= 11 is 0. The zero-order valence-corrected chi connectivity index (χ0v) is 30.6. The van der Waals surface area contributed by atoms with Crippen LogP contribution in [0.4, 0.5) is 0 Å². The van der Waals surface area contributed by atoms with Gasteiger partial charge >= 0.3 is 11.9 Å². The molecule has 0 spiro atoms. The largest absolute Gasteiger partial charge is 0.468 e. The summed E-state index contributed by atoms with van der Waals surface area (Å²) in [6.07, 6.45) is 3.27. The molecule has 5 rings (SSSR count). The van der Waals surface area contributed by atoms with Crippen molar-refractivity contribution >= 4 is 11.9 Å². The molecule has 0 bridgehead atoms. The van der Waals surface area contributed by atoms with Crippen LogP contribution in [0.1, 0.15) is 74.4 Å². The number of aliphatic hydroxyl groups excluding tert-OH is 1. The minimum Gasteiger partial charge on any atom is -0.468 e. The van der Waals surface area contributed by atoms with Crippen molar-refractivity contribution in [3.63, 3.8) is 0 Å². The lowest BCUT2D eigenvalue weighted by molar-refractivity contribution is 0.0509. The van der Waals surface area contributed by atoms with Crippen LogP contribution in [0.2, 0.25) is 0 Å². The molecule has 2 aromatic heterocycles. The quantitative estimate of drug-likeness (QED) is 0.128. The van der Waals surface area contributed by atoms with Gasteiger partial charge in [-0.05, 0) is 92.1 Å². The van der Waals surface area contributed by atoms with Gasteiger partial charge in [0.2, 0.25) is 0 Å². The number of esters is 2. The summed E-state index contributed by atoms with van der Waals surface area (Å²) in [5.74, 6) is 12.4. The lowest BCUT2D eigenvalue weighted by Gasteiger charge is -2.04. The second-order valence-electron chi connectivity index (χ2n) is 10.9. The molecular weight excluding hydrogens is 680 g/mol. The Hall–Kier alpha value is -5.76. The Kier molecular flexibility index (Phi) is 18.6. The highest BCUT2D eigenvalue weighted by atomic mass is 16.7. The molecule has 2 aromatic carbocycles. The number of nitrogens with zero attached hydrogens (tertiary/aromatic N) is 2. The van der Waals surface area contributed by atoms with Crippen molar-refractivity contribution in [1.82, 2.24) is 9.97 Å². The molecule has 1 N–H and O–H groups in total. The fourth-order valence-corrected chi connectivity index (χ4v) is 4.32. The molecule has 0 saturated carbocycles. The number of aliphatic hydroxyl groups is 1. The summed E-state index contributed by atoms with van der Waals surface area (Å²) in [6.45, 7) is 4.07. The van der Waals surface area contributed by atoms with Gasteiger partial charge < -0.3 is 38.3 Å². The average molecular weight is 725 g/mol. The van der Waals surface area contributed by atoms with Crippen molar-refractivity contribution in [1.29, 1.82) is 0 Å². The first-order valence-electron chi connectivity index (χ1n) is 16.7. The molecular formula is C41H44N2O10. The summed E-state index contributed by atoms with van der Waals surface area (Å²) in [5, 5.41) is 9.24. The minimum atomic E-state index is -0.576. The van der Waals surface area contributed by atoms with E-state index >= 15 is 0 Å². The monoisotopic (exact) mass is 724 g/mol. The fourth-order valence-electron chi connectivity index (χ4n) is 4.32. The molecule has 4 aromatic rings. The standard InChI is InChI=1S/C19H19NO4.C18H17NO5.C4H8O/c1-4-16-11-15(12-18(20-16)19(21)23-3)6-5-14-7-9-17(10-8-14)24-13-22-2;1-22-12-24-16-7-5-13(6-8-16)3-4-14-9-15(11-20)19-17(10-14)18(21)23-2;1-2-4-5-3-1/h7-12H,4,13H2,1-3H3;5-10,20H,11-12H2,1-2H3;1-4H2. The van der Waals surface area contributed by atoms with Crippen molar-refractivity contribution in [3.05, 3.63) is 118 Å². The molecule has 0 atom stereocenters. The summed E-state index contributed by atoms with van der Waals surface area (Å²) in [7, 11) is 5.73. The third-order valence-electron chi connectivity index (χ3n) is 7.00. The van der Waals surface area contributed by atoms with Gasteiger partial charge in [0.15, 0.2) is 13.6 Å². The second kappa shape index (κ2) is 23.7. The maximum Gasteiger partial charge on any atom is 0.356 e. The number of ether oxygens (including phenoxy) is 7. The first-order valence-corrected chi connectivity index (χ1v) is 16.7. The van der Waals surface area contributed by atoms with Crippen molar-refractivity contribution in [2.75, 3.05) is 55.2 Å². The molecule has 0 amide bonds. The van der Waals surface area contributed by atoms with E-state index in [2.05, 4.69) is 38.4 Å². The highest BCUT2D eigenvalue weighted by Crippen LogP contribution is 2.14. The first-order chi connectivity index (χ1) is 25.8. The number of pyridine rings is 2. The van der Waals surface area contributed by atoms with Crippen molar-refractivity contribution < 1.29 is 47.9 Å². The third-order valence-corrected chi connectivity index (χ3v) is 7.00. The smallest absolute Gasteiger partial charge is 0.356 e. The molecule has 0 radical (unpaired) electrons. The maximum atomic E-state index is 11.7. The zero-order valence-electron chi connectivity index (χ0n) is 30.6. The van der Waals surface area contributed by atoms with E-state index in [9.17, 15) is 14.7 Å². The molecule has 53 heavy (non-hydrogen) atoms. The topological polar surface area (TPSA) is 145 Å². The number of hydrogen-bond acceptors (Lipinski definition) is 12. The van der Waals surface area contributed by atoms with Gasteiger partial charge in [-0.25, -0.2) is 19.6 Å². The van der Waals surface area contributed by atoms with Gasteiger partial charge in [-0.3, -0.25) is 0 Å².